The summed E-state index contributed by atoms with van der Waals surface area (Å²) in [7, 11) is -3.14. The van der Waals surface area contributed by atoms with E-state index < -0.39 is 10.0 Å². The summed E-state index contributed by atoms with van der Waals surface area (Å²) in [6.07, 6.45) is 0. The lowest BCUT2D eigenvalue weighted by Gasteiger charge is -2.20. The van der Waals surface area contributed by atoms with E-state index in [1.165, 1.54) is 5.75 Å². The monoisotopic (exact) mass is 275 g/mol. The minimum absolute atomic E-state index is 0.0130. The summed E-state index contributed by atoms with van der Waals surface area (Å²) in [5, 5.41) is 0.416. The summed E-state index contributed by atoms with van der Waals surface area (Å²) in [4.78, 5) is 0. The van der Waals surface area contributed by atoms with E-state index in [9.17, 15) is 8.42 Å². The number of hydrogen-bond acceptors (Lipinski definition) is 4. The van der Waals surface area contributed by atoms with Gasteiger partial charge in [-0.1, -0.05) is 0 Å². The number of alkyl halides is 1. The largest absolute Gasteiger partial charge is 0.214 e. The summed E-state index contributed by atoms with van der Waals surface area (Å²) in [5.74, 6) is 3.50. The molecule has 84 valence electrons. The van der Waals surface area contributed by atoms with Gasteiger partial charge in [-0.3, -0.25) is 0 Å². The third kappa shape index (κ3) is 5.11. The Bertz CT molecular complexity index is 252. The Hall–Kier alpha value is 0.900. The van der Waals surface area contributed by atoms with Gasteiger partial charge in [0.15, 0.2) is 0 Å². The highest BCUT2D eigenvalue weighted by Gasteiger charge is 2.17. The lowest BCUT2D eigenvalue weighted by molar-refractivity contribution is 0.583. The van der Waals surface area contributed by atoms with Gasteiger partial charge in [0.1, 0.15) is 0 Å². The first-order valence-electron chi connectivity index (χ1n) is 4.37. The molecular formula is C7H14ClNO2S3. The standard InChI is InChI=1S/C7H14ClNO2S3/c8-1-4-14(10,11)9-5-7-6-12-2-3-13-7/h7,9H,1-6H2. The second-order valence-electron chi connectivity index (χ2n) is 2.92. The fourth-order valence-electron chi connectivity index (χ4n) is 1.05. The molecule has 3 nitrogen and oxygen atoms in total. The highest BCUT2D eigenvalue weighted by atomic mass is 35.5. The van der Waals surface area contributed by atoms with Crippen LogP contribution in [0.15, 0.2) is 0 Å². The fourth-order valence-corrected chi connectivity index (χ4v) is 5.18. The van der Waals surface area contributed by atoms with E-state index in [1.807, 2.05) is 23.5 Å². The summed E-state index contributed by atoms with van der Waals surface area (Å²) in [6, 6.07) is 0. The summed E-state index contributed by atoms with van der Waals surface area (Å²) < 4.78 is 25.1. The maximum absolute atomic E-state index is 11.3. The van der Waals surface area contributed by atoms with Gasteiger partial charge in [-0.15, -0.1) is 11.6 Å². The van der Waals surface area contributed by atoms with Crippen molar-refractivity contribution >= 4 is 45.1 Å². The zero-order valence-corrected chi connectivity index (χ0v) is 10.9. The first kappa shape index (κ1) is 13.0. The molecule has 0 radical (unpaired) electrons. The molecule has 0 saturated carbocycles. The number of hydrogen-bond donors (Lipinski definition) is 1. The molecule has 1 atom stereocenters. The first-order chi connectivity index (χ1) is 6.64. The van der Waals surface area contributed by atoms with Crippen LogP contribution in [0.2, 0.25) is 0 Å². The van der Waals surface area contributed by atoms with Crippen molar-refractivity contribution in [1.29, 1.82) is 0 Å². The van der Waals surface area contributed by atoms with Crippen LogP contribution in [-0.2, 0) is 10.0 Å². The van der Waals surface area contributed by atoms with Crippen LogP contribution >= 0.6 is 35.1 Å². The summed E-state index contributed by atoms with van der Waals surface area (Å²) in [5.41, 5.74) is 0. The van der Waals surface area contributed by atoms with E-state index in [0.29, 0.717) is 11.8 Å². The Morgan fingerprint density at radius 2 is 2.21 bits per heavy atom. The van der Waals surface area contributed by atoms with Gasteiger partial charge in [0, 0.05) is 34.9 Å². The van der Waals surface area contributed by atoms with Crippen molar-refractivity contribution in [3.63, 3.8) is 0 Å². The van der Waals surface area contributed by atoms with Gasteiger partial charge in [-0.2, -0.15) is 23.5 Å². The van der Waals surface area contributed by atoms with E-state index in [2.05, 4.69) is 4.72 Å². The second-order valence-corrected chi connectivity index (χ2v) is 7.79. The van der Waals surface area contributed by atoms with Crippen molar-refractivity contribution in [2.75, 3.05) is 35.4 Å². The van der Waals surface area contributed by atoms with Crippen LogP contribution in [0.25, 0.3) is 0 Å². The van der Waals surface area contributed by atoms with Gasteiger partial charge >= 0.3 is 0 Å². The van der Waals surface area contributed by atoms with Crippen molar-refractivity contribution in [2.24, 2.45) is 0 Å². The molecule has 0 aromatic heterocycles. The van der Waals surface area contributed by atoms with Crippen LogP contribution < -0.4 is 4.72 Å². The SMILES string of the molecule is O=S(=O)(CCCl)NCC1CSCCS1. The Labute approximate surface area is 98.8 Å². The van der Waals surface area contributed by atoms with Crippen molar-refractivity contribution in [2.45, 2.75) is 5.25 Å². The van der Waals surface area contributed by atoms with Gasteiger partial charge in [-0.05, 0) is 0 Å². The van der Waals surface area contributed by atoms with Crippen molar-refractivity contribution in [1.82, 2.24) is 4.72 Å². The molecule has 1 N–H and O–H groups in total. The molecule has 0 spiro atoms. The number of halogens is 1. The number of thioether (sulfide) groups is 2. The maximum Gasteiger partial charge on any atom is 0.212 e. The highest BCUT2D eigenvalue weighted by molar-refractivity contribution is 8.06. The van der Waals surface area contributed by atoms with Crippen molar-refractivity contribution in [3.05, 3.63) is 0 Å². The predicted octanol–water partition coefficient (Wildman–Crippen LogP) is 0.993. The Morgan fingerprint density at radius 3 is 2.79 bits per heavy atom. The van der Waals surface area contributed by atoms with E-state index in [0.717, 1.165) is 11.5 Å². The fraction of sp³-hybridized carbons (Fsp3) is 1.00. The third-order valence-electron chi connectivity index (χ3n) is 1.76. The quantitative estimate of drug-likeness (QED) is 0.761. The molecule has 1 aliphatic heterocycles. The summed E-state index contributed by atoms with van der Waals surface area (Å²) in [6.45, 7) is 0.539. The number of rotatable bonds is 5. The minimum Gasteiger partial charge on any atom is -0.214 e. The van der Waals surface area contributed by atoms with E-state index in [-0.39, 0.29) is 11.6 Å². The molecule has 7 heteroatoms. The van der Waals surface area contributed by atoms with E-state index in [1.54, 1.807) is 0 Å². The molecule has 0 aromatic rings. The van der Waals surface area contributed by atoms with Gasteiger partial charge in [0.25, 0.3) is 0 Å². The van der Waals surface area contributed by atoms with Gasteiger partial charge in [0.2, 0.25) is 10.0 Å². The number of sulfonamides is 1. The Morgan fingerprint density at radius 1 is 1.43 bits per heavy atom. The number of nitrogens with one attached hydrogen (secondary N) is 1. The van der Waals surface area contributed by atoms with Crippen LogP contribution in [0.4, 0.5) is 0 Å². The maximum atomic E-state index is 11.3. The zero-order valence-electron chi connectivity index (χ0n) is 7.74. The molecule has 1 aliphatic rings. The molecular weight excluding hydrogens is 262 g/mol. The van der Waals surface area contributed by atoms with Crippen LogP contribution in [0, 0.1) is 0 Å². The molecule has 1 heterocycles. The highest BCUT2D eigenvalue weighted by Crippen LogP contribution is 2.23. The lowest BCUT2D eigenvalue weighted by atomic mass is 10.5. The van der Waals surface area contributed by atoms with Crippen LogP contribution in [-0.4, -0.2) is 49.1 Å². The Kier molecular flexibility index (Phi) is 6.00. The van der Waals surface area contributed by atoms with Crippen molar-refractivity contribution < 1.29 is 8.42 Å². The molecule has 1 rings (SSSR count). The average Bonchev–Trinajstić information content (AvgIpc) is 2.17. The second kappa shape index (κ2) is 6.48. The average molecular weight is 276 g/mol. The molecule has 1 unspecified atom stereocenters. The molecule has 0 aliphatic carbocycles. The first-order valence-corrected chi connectivity index (χ1v) is 8.76. The van der Waals surface area contributed by atoms with Crippen molar-refractivity contribution in [3.8, 4) is 0 Å². The topological polar surface area (TPSA) is 46.2 Å². The van der Waals surface area contributed by atoms with Gasteiger partial charge in [0.05, 0.1) is 5.75 Å². The third-order valence-corrected chi connectivity index (χ3v) is 6.37. The molecule has 0 bridgehead atoms. The Balaban J connectivity index is 2.24. The van der Waals surface area contributed by atoms with Crippen LogP contribution in [0.5, 0.6) is 0 Å². The summed E-state index contributed by atoms with van der Waals surface area (Å²) >= 11 is 9.11. The molecule has 0 aromatic carbocycles. The van der Waals surface area contributed by atoms with E-state index >= 15 is 0 Å². The predicted molar refractivity (Wildman–Crippen MR) is 66.1 cm³/mol. The van der Waals surface area contributed by atoms with Crippen LogP contribution in [0.3, 0.4) is 0 Å². The molecule has 14 heavy (non-hydrogen) atoms. The normalized spacial score (nSPS) is 23.6. The van der Waals surface area contributed by atoms with E-state index in [4.69, 9.17) is 11.6 Å². The van der Waals surface area contributed by atoms with Gasteiger partial charge in [-0.25, -0.2) is 13.1 Å². The molecule has 1 fully saturated rings. The lowest BCUT2D eigenvalue weighted by Crippen LogP contribution is -2.35. The molecule has 0 amide bonds. The smallest absolute Gasteiger partial charge is 0.212 e. The zero-order chi connectivity index (χ0) is 10.4. The molecule has 1 saturated heterocycles. The van der Waals surface area contributed by atoms with Crippen LogP contribution in [0.1, 0.15) is 0 Å². The van der Waals surface area contributed by atoms with Gasteiger partial charge < -0.3 is 0 Å². The minimum atomic E-state index is -3.14.